The van der Waals surface area contributed by atoms with Crippen LogP contribution in [-0.2, 0) is 13.6 Å². The van der Waals surface area contributed by atoms with E-state index in [0.717, 1.165) is 36.2 Å². The molecule has 3 aliphatic rings. The number of aromatic nitrogens is 4. The number of nitriles is 1. The molecule has 1 aromatic carbocycles. The molecule has 1 aliphatic carbocycles. The molecule has 0 bridgehead atoms. The van der Waals surface area contributed by atoms with E-state index in [0.29, 0.717) is 24.1 Å². The molecule has 3 aromatic rings. The summed E-state index contributed by atoms with van der Waals surface area (Å²) in [5.74, 6) is 1.92. The fraction of sp³-hybridized carbons (Fsp3) is 0.423. The quantitative estimate of drug-likeness (QED) is 0.609. The maximum Gasteiger partial charge on any atom is 0.254 e. The lowest BCUT2D eigenvalue weighted by atomic mass is 9.96. The second kappa shape index (κ2) is 8.38. The standard InChI is InChI=1S/C26H28N8O/c1-16-23(34-14-19-10-18(17-5-6-17)7-8-21(19)26(34)35)4-3-9-33(16)24-13-28-22(11-27)25(31-24)30-20-12-29-32(2)15-20/h7-8,10,12-13,15-17,23H,3-6,9,14H2,1-2H3,(H,30,31)/t16-,23-/m1/s1. The van der Waals surface area contributed by atoms with Gasteiger partial charge in [0.25, 0.3) is 5.91 Å². The Bertz CT molecular complexity index is 1340. The third-order valence-electron chi connectivity index (χ3n) is 7.49. The summed E-state index contributed by atoms with van der Waals surface area (Å²) in [5, 5.41) is 16.9. The molecule has 1 saturated carbocycles. The van der Waals surface area contributed by atoms with Crippen LogP contribution in [0.1, 0.15) is 65.7 Å². The minimum absolute atomic E-state index is 0.0680. The molecule has 2 aromatic heterocycles. The van der Waals surface area contributed by atoms with Crippen LogP contribution >= 0.6 is 0 Å². The molecular weight excluding hydrogens is 440 g/mol. The van der Waals surface area contributed by atoms with E-state index in [4.69, 9.17) is 4.98 Å². The average Bonchev–Trinajstić information content (AvgIpc) is 3.56. The van der Waals surface area contributed by atoms with Crippen molar-refractivity contribution < 1.29 is 4.79 Å². The Hall–Kier alpha value is -3.93. The zero-order chi connectivity index (χ0) is 24.1. The molecule has 4 heterocycles. The van der Waals surface area contributed by atoms with E-state index in [1.165, 1.54) is 18.4 Å². The molecule has 0 radical (unpaired) electrons. The molecule has 1 amide bonds. The largest absolute Gasteiger partial charge is 0.350 e. The number of nitrogens with zero attached hydrogens (tertiary/aromatic N) is 7. The molecule has 9 heteroatoms. The number of hydrogen-bond acceptors (Lipinski definition) is 7. The van der Waals surface area contributed by atoms with E-state index in [1.807, 2.05) is 24.2 Å². The topological polar surface area (TPSA) is 103 Å². The van der Waals surface area contributed by atoms with Gasteiger partial charge in [-0.05, 0) is 55.7 Å². The highest BCUT2D eigenvalue weighted by Gasteiger charge is 2.40. The normalized spacial score (nSPS) is 21.7. The molecule has 1 saturated heterocycles. The van der Waals surface area contributed by atoms with Crippen LogP contribution < -0.4 is 10.2 Å². The number of rotatable bonds is 5. The second-order valence-corrected chi connectivity index (χ2v) is 9.83. The minimum atomic E-state index is 0.0680. The first-order chi connectivity index (χ1) is 17.0. The number of benzene rings is 1. The number of aryl methyl sites for hydroxylation is 1. The Labute approximate surface area is 204 Å². The van der Waals surface area contributed by atoms with Crippen molar-refractivity contribution in [3.05, 3.63) is 59.2 Å². The summed E-state index contributed by atoms with van der Waals surface area (Å²) in [5.41, 5.74) is 4.35. The fourth-order valence-electron chi connectivity index (χ4n) is 5.47. The van der Waals surface area contributed by atoms with Crippen LogP contribution in [-0.4, -0.2) is 49.2 Å². The SMILES string of the molecule is C[C@@H]1[C@H](N2Cc3cc(C4CC4)ccc3C2=O)CCCN1c1cnc(C#N)c(Nc2cnn(C)c2)n1. The van der Waals surface area contributed by atoms with Crippen LogP contribution in [0, 0.1) is 11.3 Å². The molecule has 1 N–H and O–H groups in total. The van der Waals surface area contributed by atoms with Gasteiger partial charge in [0.1, 0.15) is 11.9 Å². The van der Waals surface area contributed by atoms with Crippen molar-refractivity contribution >= 4 is 23.2 Å². The number of hydrogen-bond donors (Lipinski definition) is 1. The molecule has 2 atom stereocenters. The molecule has 35 heavy (non-hydrogen) atoms. The highest BCUT2D eigenvalue weighted by molar-refractivity contribution is 5.98. The average molecular weight is 469 g/mol. The zero-order valence-corrected chi connectivity index (χ0v) is 20.0. The third kappa shape index (κ3) is 3.89. The van der Waals surface area contributed by atoms with Gasteiger partial charge in [0.2, 0.25) is 0 Å². The molecule has 0 unspecified atom stereocenters. The predicted octanol–water partition coefficient (Wildman–Crippen LogP) is 3.72. The number of carbonyl (C=O) groups is 1. The number of nitrogens with one attached hydrogen (secondary N) is 1. The Morgan fingerprint density at radius 2 is 2.03 bits per heavy atom. The maximum absolute atomic E-state index is 13.3. The van der Waals surface area contributed by atoms with Crippen molar-refractivity contribution in [3.8, 4) is 6.07 Å². The Morgan fingerprint density at radius 3 is 2.77 bits per heavy atom. The fourth-order valence-corrected chi connectivity index (χ4v) is 5.47. The molecule has 2 fully saturated rings. The highest BCUT2D eigenvalue weighted by Crippen LogP contribution is 2.42. The van der Waals surface area contributed by atoms with Gasteiger partial charge >= 0.3 is 0 Å². The zero-order valence-electron chi connectivity index (χ0n) is 20.0. The number of carbonyl (C=O) groups excluding carboxylic acids is 1. The van der Waals surface area contributed by atoms with Gasteiger partial charge in [-0.2, -0.15) is 10.4 Å². The van der Waals surface area contributed by atoms with Gasteiger partial charge in [-0.1, -0.05) is 12.1 Å². The monoisotopic (exact) mass is 468 g/mol. The minimum Gasteiger partial charge on any atom is -0.350 e. The second-order valence-electron chi connectivity index (χ2n) is 9.83. The van der Waals surface area contributed by atoms with Crippen molar-refractivity contribution in [1.29, 1.82) is 5.26 Å². The van der Waals surface area contributed by atoms with Gasteiger partial charge in [0.15, 0.2) is 11.5 Å². The Morgan fingerprint density at radius 1 is 1.17 bits per heavy atom. The van der Waals surface area contributed by atoms with Crippen molar-refractivity contribution in [1.82, 2.24) is 24.6 Å². The van der Waals surface area contributed by atoms with Gasteiger partial charge in [-0.15, -0.1) is 0 Å². The Balaban J connectivity index is 1.24. The lowest BCUT2D eigenvalue weighted by Gasteiger charge is -2.43. The van der Waals surface area contributed by atoms with Crippen molar-refractivity contribution in [2.45, 2.75) is 57.2 Å². The van der Waals surface area contributed by atoms with E-state index in [9.17, 15) is 10.1 Å². The number of amides is 1. The van der Waals surface area contributed by atoms with E-state index in [1.54, 1.807) is 17.1 Å². The highest BCUT2D eigenvalue weighted by atomic mass is 16.2. The van der Waals surface area contributed by atoms with E-state index in [2.05, 4.69) is 45.4 Å². The number of piperidine rings is 1. The van der Waals surface area contributed by atoms with Gasteiger partial charge in [0, 0.05) is 37.9 Å². The number of anilines is 3. The van der Waals surface area contributed by atoms with E-state index >= 15 is 0 Å². The van der Waals surface area contributed by atoms with Crippen LogP contribution in [0.5, 0.6) is 0 Å². The van der Waals surface area contributed by atoms with Gasteiger partial charge in [0.05, 0.1) is 24.1 Å². The van der Waals surface area contributed by atoms with Crippen LogP contribution in [0.15, 0.2) is 36.8 Å². The molecule has 0 spiro atoms. The van der Waals surface area contributed by atoms with Gasteiger partial charge in [-0.3, -0.25) is 9.48 Å². The summed E-state index contributed by atoms with van der Waals surface area (Å²) < 4.78 is 1.68. The molecule has 178 valence electrons. The van der Waals surface area contributed by atoms with Crippen molar-refractivity contribution in [2.75, 3.05) is 16.8 Å². The first-order valence-corrected chi connectivity index (χ1v) is 12.2. The number of fused-ring (bicyclic) bond motifs is 1. The summed E-state index contributed by atoms with van der Waals surface area (Å²) in [6.07, 6.45) is 9.59. The van der Waals surface area contributed by atoms with Crippen LogP contribution in [0.25, 0.3) is 0 Å². The lowest BCUT2D eigenvalue weighted by Crippen LogP contribution is -2.54. The van der Waals surface area contributed by atoms with E-state index < -0.39 is 0 Å². The third-order valence-corrected chi connectivity index (χ3v) is 7.49. The van der Waals surface area contributed by atoms with Crippen molar-refractivity contribution in [2.24, 2.45) is 7.05 Å². The summed E-state index contributed by atoms with van der Waals surface area (Å²) in [4.78, 5) is 26.8. The van der Waals surface area contributed by atoms with Crippen molar-refractivity contribution in [3.63, 3.8) is 0 Å². The molecule has 6 rings (SSSR count). The maximum atomic E-state index is 13.3. The summed E-state index contributed by atoms with van der Waals surface area (Å²) >= 11 is 0. The van der Waals surface area contributed by atoms with Crippen LogP contribution in [0.4, 0.5) is 17.3 Å². The summed E-state index contributed by atoms with van der Waals surface area (Å²) in [6.45, 7) is 3.65. The molecular formula is C26H28N8O. The first kappa shape index (κ1) is 21.6. The van der Waals surface area contributed by atoms with Gasteiger partial charge < -0.3 is 15.1 Å². The smallest absolute Gasteiger partial charge is 0.254 e. The molecule has 2 aliphatic heterocycles. The summed E-state index contributed by atoms with van der Waals surface area (Å²) in [6, 6.07) is 8.68. The lowest BCUT2D eigenvalue weighted by molar-refractivity contribution is 0.0646. The van der Waals surface area contributed by atoms with Crippen LogP contribution in [0.3, 0.4) is 0 Å². The van der Waals surface area contributed by atoms with Gasteiger partial charge in [-0.25, -0.2) is 9.97 Å². The van der Waals surface area contributed by atoms with Crippen LogP contribution in [0.2, 0.25) is 0 Å². The summed E-state index contributed by atoms with van der Waals surface area (Å²) in [7, 11) is 1.83. The van der Waals surface area contributed by atoms with E-state index in [-0.39, 0.29) is 23.7 Å². The first-order valence-electron chi connectivity index (χ1n) is 12.2. The Kier molecular flexibility index (Phi) is 5.17. The molecule has 9 nitrogen and oxygen atoms in total. The predicted molar refractivity (Wildman–Crippen MR) is 131 cm³/mol.